The summed E-state index contributed by atoms with van der Waals surface area (Å²) in [5.74, 6) is -0.372. The molecule has 2 aliphatic heterocycles. The first-order valence-corrected chi connectivity index (χ1v) is 14.9. The van der Waals surface area contributed by atoms with Crippen LogP contribution in [0.5, 0.6) is 0 Å². The van der Waals surface area contributed by atoms with E-state index < -0.39 is 12.2 Å². The van der Waals surface area contributed by atoms with E-state index in [-0.39, 0.29) is 30.8 Å². The van der Waals surface area contributed by atoms with E-state index in [1.807, 2.05) is 112 Å². The van der Waals surface area contributed by atoms with Crippen LogP contribution in [0.15, 0.2) is 97.7 Å². The van der Waals surface area contributed by atoms with Gasteiger partial charge < -0.3 is 15.1 Å². The lowest BCUT2D eigenvalue weighted by atomic mass is 9.99. The maximum Gasteiger partial charge on any atom is 0.246 e. The van der Waals surface area contributed by atoms with Crippen molar-refractivity contribution in [3.8, 4) is 0 Å². The minimum atomic E-state index is -0.667. The Hall–Kier alpha value is -4.80. The van der Waals surface area contributed by atoms with Gasteiger partial charge in [0.15, 0.2) is 0 Å². The highest BCUT2D eigenvalue weighted by molar-refractivity contribution is 5.92. The van der Waals surface area contributed by atoms with Crippen LogP contribution in [-0.4, -0.2) is 85.7 Å². The largest absolute Gasteiger partial charge is 0.351 e. The maximum atomic E-state index is 14.2. The average molecular weight is 592 g/mol. The number of hydrazine groups is 1. The van der Waals surface area contributed by atoms with Gasteiger partial charge in [-0.05, 0) is 22.8 Å². The number of benzene rings is 3. The number of piperazine rings is 1. The second-order valence-corrected chi connectivity index (χ2v) is 11.3. The van der Waals surface area contributed by atoms with Gasteiger partial charge in [-0.1, -0.05) is 78.9 Å². The highest BCUT2D eigenvalue weighted by Gasteiger charge is 2.51. The average Bonchev–Trinajstić information content (AvgIpc) is 3.58. The van der Waals surface area contributed by atoms with Crippen molar-refractivity contribution in [2.45, 2.75) is 31.7 Å². The Bertz CT molecular complexity index is 1660. The molecule has 2 saturated heterocycles. The third-order valence-corrected chi connectivity index (χ3v) is 8.44. The molecule has 0 saturated carbocycles. The predicted octanol–water partition coefficient (Wildman–Crippen LogP) is 2.72. The molecule has 2 atom stereocenters. The SMILES string of the molecule is C=CCN(CC(=O)NCc1ccccc1)N1CC(=O)N2C(Cc3ccccc3)C(=O)N(Cc3cccc4c3cnn4C)C[C@@H]21. The van der Waals surface area contributed by atoms with Crippen LogP contribution < -0.4 is 5.32 Å². The Labute approximate surface area is 257 Å². The first-order chi connectivity index (χ1) is 21.4. The number of rotatable bonds is 11. The van der Waals surface area contributed by atoms with Crippen molar-refractivity contribution in [1.82, 2.24) is 34.9 Å². The van der Waals surface area contributed by atoms with Crippen LogP contribution in [0.4, 0.5) is 0 Å². The van der Waals surface area contributed by atoms with Crippen LogP contribution in [0.1, 0.15) is 16.7 Å². The van der Waals surface area contributed by atoms with Gasteiger partial charge in [0, 0.05) is 38.5 Å². The Morgan fingerprint density at radius 1 is 1.02 bits per heavy atom. The zero-order chi connectivity index (χ0) is 30.6. The van der Waals surface area contributed by atoms with E-state index in [1.165, 1.54) is 0 Å². The summed E-state index contributed by atoms with van der Waals surface area (Å²) >= 11 is 0. The molecular weight excluding hydrogens is 554 g/mol. The van der Waals surface area contributed by atoms with E-state index in [0.717, 1.165) is 27.6 Å². The molecule has 3 heterocycles. The van der Waals surface area contributed by atoms with Gasteiger partial charge in [0.05, 0.1) is 31.3 Å². The Balaban J connectivity index is 1.28. The second-order valence-electron chi connectivity index (χ2n) is 11.3. The van der Waals surface area contributed by atoms with Crippen molar-refractivity contribution in [2.24, 2.45) is 7.05 Å². The lowest BCUT2D eigenvalue weighted by Gasteiger charge is -2.46. The van der Waals surface area contributed by atoms with Crippen LogP contribution in [0.3, 0.4) is 0 Å². The first-order valence-electron chi connectivity index (χ1n) is 14.9. The number of aryl methyl sites for hydroxylation is 1. The standard InChI is InChI=1S/C34H37N7O3/c1-3-17-39(22-31(42)35-19-26-13-8-5-9-14-26)40-24-33(43)41-30(18-25-11-6-4-7-12-25)34(44)38(23-32(40)41)21-27-15-10-16-29-28(27)20-36-37(29)2/h3-16,20,30,32H,1,17-19,21-24H2,2H3,(H,35,42)/t30?,32-/m1/s1. The van der Waals surface area contributed by atoms with Crippen molar-refractivity contribution >= 4 is 28.6 Å². The molecule has 1 N–H and O–H groups in total. The van der Waals surface area contributed by atoms with Gasteiger partial charge in [0.2, 0.25) is 17.7 Å². The molecule has 2 aliphatic rings. The fraction of sp³-hybridized carbons (Fsp3) is 0.294. The summed E-state index contributed by atoms with van der Waals surface area (Å²) in [5.41, 5.74) is 3.98. The maximum absolute atomic E-state index is 14.2. The third kappa shape index (κ3) is 5.99. The van der Waals surface area contributed by atoms with Gasteiger partial charge in [-0.2, -0.15) is 5.10 Å². The molecule has 0 radical (unpaired) electrons. The molecule has 44 heavy (non-hydrogen) atoms. The highest BCUT2D eigenvalue weighted by Crippen LogP contribution is 2.31. The fourth-order valence-corrected chi connectivity index (χ4v) is 6.28. The normalized spacial score (nSPS) is 18.7. The summed E-state index contributed by atoms with van der Waals surface area (Å²) in [6.45, 7) is 5.54. The Kier molecular flexibility index (Phi) is 8.53. The van der Waals surface area contributed by atoms with Gasteiger partial charge in [0.25, 0.3) is 0 Å². The minimum Gasteiger partial charge on any atom is -0.351 e. The lowest BCUT2D eigenvalue weighted by Crippen LogP contribution is -2.65. The summed E-state index contributed by atoms with van der Waals surface area (Å²) in [4.78, 5) is 44.5. The molecule has 10 nitrogen and oxygen atoms in total. The van der Waals surface area contributed by atoms with Gasteiger partial charge in [-0.3, -0.25) is 19.1 Å². The number of nitrogens with zero attached hydrogens (tertiary/aromatic N) is 6. The molecule has 6 rings (SSSR count). The monoisotopic (exact) mass is 591 g/mol. The molecule has 4 aromatic rings. The molecule has 2 fully saturated rings. The van der Waals surface area contributed by atoms with Crippen molar-refractivity contribution < 1.29 is 14.4 Å². The molecule has 1 aromatic heterocycles. The van der Waals surface area contributed by atoms with Crippen molar-refractivity contribution in [3.63, 3.8) is 0 Å². The van der Waals surface area contributed by atoms with E-state index in [9.17, 15) is 14.4 Å². The van der Waals surface area contributed by atoms with Crippen molar-refractivity contribution in [3.05, 3.63) is 114 Å². The zero-order valence-electron chi connectivity index (χ0n) is 24.9. The number of carbonyl (C=O) groups excluding carboxylic acids is 3. The van der Waals surface area contributed by atoms with Gasteiger partial charge in [0.1, 0.15) is 12.2 Å². The first kappa shape index (κ1) is 29.3. The number of fused-ring (bicyclic) bond motifs is 2. The summed E-state index contributed by atoms with van der Waals surface area (Å²) in [5, 5.41) is 12.2. The van der Waals surface area contributed by atoms with Crippen LogP contribution >= 0.6 is 0 Å². The fourth-order valence-electron chi connectivity index (χ4n) is 6.28. The topological polar surface area (TPSA) is 94.0 Å². The molecule has 0 bridgehead atoms. The molecular formula is C34H37N7O3. The van der Waals surface area contributed by atoms with Crippen LogP contribution in [0.25, 0.3) is 10.9 Å². The van der Waals surface area contributed by atoms with Gasteiger partial charge >= 0.3 is 0 Å². The number of nitrogens with one attached hydrogen (secondary N) is 1. The van der Waals surface area contributed by atoms with Gasteiger partial charge in [-0.25, -0.2) is 10.0 Å². The summed E-state index contributed by atoms with van der Waals surface area (Å²) in [7, 11) is 1.90. The number of aromatic nitrogens is 2. The number of carbonyl (C=O) groups is 3. The second kappa shape index (κ2) is 12.8. The molecule has 0 aliphatic carbocycles. The van der Waals surface area contributed by atoms with E-state index >= 15 is 0 Å². The molecule has 226 valence electrons. The van der Waals surface area contributed by atoms with Crippen LogP contribution in [0.2, 0.25) is 0 Å². The highest BCUT2D eigenvalue weighted by atomic mass is 16.2. The Morgan fingerprint density at radius 2 is 1.75 bits per heavy atom. The molecule has 3 aromatic carbocycles. The van der Waals surface area contributed by atoms with Gasteiger partial charge in [-0.15, -0.1) is 6.58 Å². The summed E-state index contributed by atoms with van der Waals surface area (Å²) in [6, 6.07) is 24.9. The molecule has 0 spiro atoms. The number of hydrogen-bond donors (Lipinski definition) is 1. The van der Waals surface area contributed by atoms with Crippen LogP contribution in [-0.2, 0) is 40.9 Å². The van der Waals surface area contributed by atoms with E-state index in [0.29, 0.717) is 32.6 Å². The smallest absolute Gasteiger partial charge is 0.246 e. The predicted molar refractivity (Wildman–Crippen MR) is 167 cm³/mol. The molecule has 3 amide bonds. The zero-order valence-corrected chi connectivity index (χ0v) is 24.9. The minimum absolute atomic E-state index is 0.0583. The van der Waals surface area contributed by atoms with E-state index in [2.05, 4.69) is 17.0 Å². The van der Waals surface area contributed by atoms with E-state index in [4.69, 9.17) is 0 Å². The third-order valence-electron chi connectivity index (χ3n) is 8.44. The quantitative estimate of drug-likeness (QED) is 0.270. The van der Waals surface area contributed by atoms with Crippen molar-refractivity contribution in [1.29, 1.82) is 0 Å². The molecule has 1 unspecified atom stereocenters. The van der Waals surface area contributed by atoms with Crippen LogP contribution in [0, 0.1) is 0 Å². The summed E-state index contributed by atoms with van der Waals surface area (Å²) in [6.07, 6.45) is 3.54. The Morgan fingerprint density at radius 3 is 2.48 bits per heavy atom. The number of hydrogen-bond acceptors (Lipinski definition) is 6. The number of amides is 3. The summed E-state index contributed by atoms with van der Waals surface area (Å²) < 4.78 is 1.82. The van der Waals surface area contributed by atoms with E-state index in [1.54, 1.807) is 11.0 Å². The lowest BCUT2D eigenvalue weighted by molar-refractivity contribution is -0.160. The molecule has 10 heteroatoms. The van der Waals surface area contributed by atoms with Crippen molar-refractivity contribution in [2.75, 3.05) is 26.2 Å².